The highest BCUT2D eigenvalue weighted by Gasteiger charge is 2.18. The van der Waals surface area contributed by atoms with E-state index in [-0.39, 0.29) is 5.69 Å². The largest absolute Gasteiger partial charge is 0.337 e. The first-order chi connectivity index (χ1) is 7.50. The summed E-state index contributed by atoms with van der Waals surface area (Å²) in [6, 6.07) is 5.43. The van der Waals surface area contributed by atoms with Crippen molar-refractivity contribution in [3.05, 3.63) is 49.8 Å². The lowest BCUT2D eigenvalue weighted by Gasteiger charge is -2.03. The van der Waals surface area contributed by atoms with E-state index in [1.807, 2.05) is 19.1 Å². The van der Waals surface area contributed by atoms with E-state index < -0.39 is 10.5 Å². The maximum atomic E-state index is 11.5. The highest BCUT2D eigenvalue weighted by Crippen LogP contribution is 2.22. The van der Waals surface area contributed by atoms with E-state index in [0.29, 0.717) is 16.5 Å². The van der Waals surface area contributed by atoms with E-state index in [1.54, 1.807) is 13.0 Å². The maximum Gasteiger partial charge on any atom is 0.337 e. The van der Waals surface area contributed by atoms with Gasteiger partial charge in [-0.25, -0.2) is 0 Å². The summed E-state index contributed by atoms with van der Waals surface area (Å²) in [5, 5.41) is 11.5. The molecule has 0 aliphatic heterocycles. The first kappa shape index (κ1) is 10.4. The summed E-state index contributed by atoms with van der Waals surface area (Å²) in [4.78, 5) is 24.1. The number of hydrogen-bond donors (Lipinski definition) is 1. The van der Waals surface area contributed by atoms with Crippen LogP contribution in [0.5, 0.6) is 0 Å². The third-order valence-electron chi connectivity index (χ3n) is 2.58. The lowest BCUT2D eigenvalue weighted by molar-refractivity contribution is -0.386. The van der Waals surface area contributed by atoms with Crippen molar-refractivity contribution in [1.29, 1.82) is 0 Å². The maximum absolute atomic E-state index is 11.5. The Balaban J connectivity index is 2.96. The third kappa shape index (κ3) is 1.46. The smallest absolute Gasteiger partial charge is 0.316 e. The van der Waals surface area contributed by atoms with Crippen molar-refractivity contribution >= 4 is 16.6 Å². The molecule has 0 spiro atoms. The lowest BCUT2D eigenvalue weighted by Crippen LogP contribution is -2.13. The van der Waals surface area contributed by atoms with Crippen LogP contribution in [-0.2, 0) is 0 Å². The second kappa shape index (κ2) is 3.44. The van der Waals surface area contributed by atoms with Crippen LogP contribution >= 0.6 is 0 Å². The van der Waals surface area contributed by atoms with Crippen LogP contribution < -0.4 is 5.56 Å². The van der Waals surface area contributed by atoms with Crippen LogP contribution in [0.4, 0.5) is 5.69 Å². The van der Waals surface area contributed by atoms with Crippen molar-refractivity contribution in [1.82, 2.24) is 4.98 Å². The van der Waals surface area contributed by atoms with E-state index in [4.69, 9.17) is 0 Å². The van der Waals surface area contributed by atoms with Crippen molar-refractivity contribution < 1.29 is 4.92 Å². The van der Waals surface area contributed by atoms with Gasteiger partial charge in [-0.1, -0.05) is 11.6 Å². The van der Waals surface area contributed by atoms with Crippen molar-refractivity contribution in [2.24, 2.45) is 0 Å². The summed E-state index contributed by atoms with van der Waals surface area (Å²) in [5.74, 6) is 0. The molecular weight excluding hydrogens is 208 g/mol. The number of aromatic nitrogens is 1. The van der Waals surface area contributed by atoms with Gasteiger partial charge in [0, 0.05) is 16.5 Å². The highest BCUT2D eigenvalue weighted by molar-refractivity contribution is 5.85. The van der Waals surface area contributed by atoms with Gasteiger partial charge in [0.25, 0.3) is 0 Å². The first-order valence-electron chi connectivity index (χ1n) is 4.78. The fourth-order valence-corrected chi connectivity index (χ4v) is 1.78. The number of hydrogen-bond acceptors (Lipinski definition) is 3. The quantitative estimate of drug-likeness (QED) is 0.587. The zero-order valence-electron chi connectivity index (χ0n) is 8.90. The van der Waals surface area contributed by atoms with E-state index in [1.165, 1.54) is 0 Å². The summed E-state index contributed by atoms with van der Waals surface area (Å²) in [6.07, 6.45) is 0. The highest BCUT2D eigenvalue weighted by atomic mass is 16.6. The second-order valence-electron chi connectivity index (χ2n) is 3.73. The number of H-pyrrole nitrogens is 1. The molecule has 5 heteroatoms. The van der Waals surface area contributed by atoms with Crippen LogP contribution in [-0.4, -0.2) is 9.91 Å². The number of nitro groups is 1. The van der Waals surface area contributed by atoms with Crippen LogP contribution in [0.15, 0.2) is 23.0 Å². The molecule has 0 unspecified atom stereocenters. The average Bonchev–Trinajstić information content (AvgIpc) is 2.19. The molecule has 0 saturated heterocycles. The Morgan fingerprint density at radius 2 is 2.00 bits per heavy atom. The van der Waals surface area contributed by atoms with E-state index in [2.05, 4.69) is 4.98 Å². The summed E-state index contributed by atoms with van der Waals surface area (Å²) in [5.41, 5.74) is 1.00. The number of benzene rings is 1. The predicted octanol–water partition coefficient (Wildman–Crippen LogP) is 2.05. The summed E-state index contributed by atoms with van der Waals surface area (Å²) in [6.45, 7) is 3.49. The average molecular weight is 218 g/mol. The Labute approximate surface area is 90.9 Å². The van der Waals surface area contributed by atoms with E-state index in [0.717, 1.165) is 5.56 Å². The molecule has 0 bridgehead atoms. The number of pyridine rings is 1. The number of rotatable bonds is 1. The predicted molar refractivity (Wildman–Crippen MR) is 60.7 cm³/mol. The topological polar surface area (TPSA) is 76.0 Å². The molecule has 82 valence electrons. The molecule has 0 aliphatic rings. The van der Waals surface area contributed by atoms with Crippen molar-refractivity contribution in [3.8, 4) is 0 Å². The molecule has 2 aromatic rings. The molecule has 2 rings (SSSR count). The Bertz CT molecular complexity index is 643. The summed E-state index contributed by atoms with van der Waals surface area (Å²) < 4.78 is 0. The van der Waals surface area contributed by atoms with Crippen LogP contribution in [0, 0.1) is 24.0 Å². The second-order valence-corrected chi connectivity index (χ2v) is 3.73. The normalized spacial score (nSPS) is 10.6. The number of fused-ring (bicyclic) bond motifs is 1. The first-order valence-corrected chi connectivity index (χ1v) is 4.78. The Kier molecular flexibility index (Phi) is 2.23. The Morgan fingerprint density at radius 1 is 1.31 bits per heavy atom. The molecule has 0 saturated carbocycles. The minimum absolute atomic E-state index is 0.377. The molecule has 16 heavy (non-hydrogen) atoms. The van der Waals surface area contributed by atoms with Crippen LogP contribution in [0.25, 0.3) is 10.9 Å². The fraction of sp³-hybridized carbons (Fsp3) is 0.182. The molecule has 1 aromatic heterocycles. The van der Waals surface area contributed by atoms with Gasteiger partial charge < -0.3 is 4.98 Å². The minimum Gasteiger partial charge on any atom is -0.316 e. The van der Waals surface area contributed by atoms with Crippen LogP contribution in [0.2, 0.25) is 0 Å². The van der Waals surface area contributed by atoms with Crippen molar-refractivity contribution in [2.75, 3.05) is 0 Å². The molecule has 0 atom stereocenters. The zero-order valence-corrected chi connectivity index (χ0v) is 8.90. The SMILES string of the molecule is Cc1ccc2[nH]c(=O)c([N+](=O)[O-])c(C)c2c1. The number of nitrogens with zero attached hydrogens (tertiary/aromatic N) is 1. The molecule has 0 radical (unpaired) electrons. The fourth-order valence-electron chi connectivity index (χ4n) is 1.78. The van der Waals surface area contributed by atoms with E-state index >= 15 is 0 Å². The van der Waals surface area contributed by atoms with Crippen molar-refractivity contribution in [2.45, 2.75) is 13.8 Å². The van der Waals surface area contributed by atoms with Gasteiger partial charge in [-0.2, -0.15) is 0 Å². The molecule has 0 aliphatic carbocycles. The molecule has 5 nitrogen and oxygen atoms in total. The Morgan fingerprint density at radius 3 is 2.62 bits per heavy atom. The van der Waals surface area contributed by atoms with Crippen LogP contribution in [0.1, 0.15) is 11.1 Å². The number of nitrogens with one attached hydrogen (secondary N) is 1. The van der Waals surface area contributed by atoms with E-state index in [9.17, 15) is 14.9 Å². The standard InChI is InChI=1S/C11H10N2O3/c1-6-3-4-9-8(5-6)7(2)10(13(15)16)11(14)12-9/h3-5H,1-2H3,(H,12,14). The van der Waals surface area contributed by atoms with Gasteiger partial charge in [0.05, 0.1) is 4.92 Å². The Hall–Kier alpha value is -2.17. The minimum atomic E-state index is -0.654. The molecule has 1 aromatic carbocycles. The van der Waals surface area contributed by atoms with Gasteiger partial charge in [-0.05, 0) is 26.0 Å². The lowest BCUT2D eigenvalue weighted by atomic mass is 10.1. The molecule has 1 N–H and O–H groups in total. The monoisotopic (exact) mass is 218 g/mol. The number of aryl methyl sites for hydroxylation is 2. The molecular formula is C11H10N2O3. The number of aromatic amines is 1. The molecule has 0 fully saturated rings. The molecule has 1 heterocycles. The van der Waals surface area contributed by atoms with Gasteiger partial charge in [0.15, 0.2) is 0 Å². The van der Waals surface area contributed by atoms with Gasteiger partial charge in [-0.3, -0.25) is 14.9 Å². The van der Waals surface area contributed by atoms with Crippen LogP contribution in [0.3, 0.4) is 0 Å². The van der Waals surface area contributed by atoms with Gasteiger partial charge in [-0.15, -0.1) is 0 Å². The van der Waals surface area contributed by atoms with Crippen molar-refractivity contribution in [3.63, 3.8) is 0 Å². The third-order valence-corrected chi connectivity index (χ3v) is 2.58. The zero-order chi connectivity index (χ0) is 11.9. The van der Waals surface area contributed by atoms with Gasteiger partial charge in [0.1, 0.15) is 0 Å². The van der Waals surface area contributed by atoms with Gasteiger partial charge >= 0.3 is 11.2 Å². The summed E-state index contributed by atoms with van der Waals surface area (Å²) in [7, 11) is 0. The van der Waals surface area contributed by atoms with Gasteiger partial charge in [0.2, 0.25) is 0 Å². The molecule has 0 amide bonds. The summed E-state index contributed by atoms with van der Waals surface area (Å²) >= 11 is 0.